The first-order valence-corrected chi connectivity index (χ1v) is 4.43. The second-order valence-electron chi connectivity index (χ2n) is 2.09. The van der Waals surface area contributed by atoms with Crippen LogP contribution in [0.3, 0.4) is 0 Å². The van der Waals surface area contributed by atoms with Crippen molar-refractivity contribution in [3.63, 3.8) is 0 Å². The van der Waals surface area contributed by atoms with Gasteiger partial charge >= 0.3 is 8.03 Å². The first-order chi connectivity index (χ1) is 4.84. The monoisotopic (exact) mass is 160 g/mol. The first-order valence-electron chi connectivity index (χ1n) is 3.25. The van der Waals surface area contributed by atoms with Crippen molar-refractivity contribution in [3.05, 3.63) is 11.4 Å². The van der Waals surface area contributed by atoms with Crippen LogP contribution in [0.25, 0.3) is 0 Å². The maximum Gasteiger partial charge on any atom is 0.543 e. The molecular weight excluding hydrogens is 149 g/mol. The van der Waals surface area contributed by atoms with Crippen LogP contribution in [0.2, 0.25) is 0 Å². The average Bonchev–Trinajstić information content (AvgIpc) is 2.05. The van der Waals surface area contributed by atoms with Gasteiger partial charge in [-0.05, 0) is 10.6 Å². The number of rotatable bonds is 2. The third-order valence-electron chi connectivity index (χ3n) is 1.44. The Balaban J connectivity index is 2.53. The fraction of sp³-hybridized carbons (Fsp3) is 0.667. The third kappa shape index (κ3) is 1.87. The van der Waals surface area contributed by atoms with Gasteiger partial charge in [-0.25, -0.2) is 0 Å². The molecule has 0 fully saturated rings. The van der Waals surface area contributed by atoms with Crippen molar-refractivity contribution in [2.45, 2.75) is 6.42 Å². The topological polar surface area (TPSA) is 38.3 Å². The van der Waals surface area contributed by atoms with Crippen LogP contribution < -0.4 is 5.32 Å². The van der Waals surface area contributed by atoms with Crippen LogP contribution in [0, 0.1) is 0 Å². The van der Waals surface area contributed by atoms with Crippen LogP contribution in [-0.4, -0.2) is 20.2 Å². The van der Waals surface area contributed by atoms with Crippen molar-refractivity contribution in [2.24, 2.45) is 0 Å². The van der Waals surface area contributed by atoms with Crippen LogP contribution >= 0.6 is 8.03 Å². The van der Waals surface area contributed by atoms with Gasteiger partial charge in [0.05, 0.1) is 7.11 Å². The Morgan fingerprint density at radius 2 is 2.60 bits per heavy atom. The molecule has 1 N–H and O–H groups in total. The summed E-state index contributed by atoms with van der Waals surface area (Å²) in [6.45, 7) is 1.73. The normalized spacial score (nSPS) is 20.1. The lowest BCUT2D eigenvalue weighted by Crippen LogP contribution is -2.19. The van der Waals surface area contributed by atoms with Gasteiger partial charge in [-0.3, -0.25) is 0 Å². The number of nitrogens with one attached hydrogen (secondary N) is 1. The summed E-state index contributed by atoms with van der Waals surface area (Å²) in [5.74, 6) is 0. The Kier molecular flexibility index (Phi) is 3.00. The van der Waals surface area contributed by atoms with E-state index in [0.29, 0.717) is 0 Å². The zero-order valence-corrected chi connectivity index (χ0v) is 6.86. The molecule has 0 aromatic rings. The summed E-state index contributed by atoms with van der Waals surface area (Å²) >= 11 is 0. The smallest absolute Gasteiger partial charge is 0.313 e. The van der Waals surface area contributed by atoms with Crippen molar-refractivity contribution in [1.29, 1.82) is 0 Å². The maximum atomic E-state index is 11.0. The zero-order chi connectivity index (χ0) is 7.40. The molecule has 0 aromatic heterocycles. The predicted octanol–water partition coefficient (Wildman–Crippen LogP) is 1.25. The zero-order valence-electron chi connectivity index (χ0n) is 5.96. The van der Waals surface area contributed by atoms with Gasteiger partial charge in [0.2, 0.25) is 0 Å². The summed E-state index contributed by atoms with van der Waals surface area (Å²) in [6.07, 6.45) is 2.79. The standard InChI is InChI=1S/C6H11NO2P/c1-9-10(8)6-2-4-7-5-3-6/h2,7H,3-5H2,1H3/q+1. The Morgan fingerprint density at radius 3 is 3.10 bits per heavy atom. The lowest BCUT2D eigenvalue weighted by molar-refractivity contribution is 0.418. The summed E-state index contributed by atoms with van der Waals surface area (Å²) in [4.78, 5) is 0. The molecule has 0 amide bonds. The summed E-state index contributed by atoms with van der Waals surface area (Å²) < 4.78 is 15.7. The molecule has 0 radical (unpaired) electrons. The van der Waals surface area contributed by atoms with Gasteiger partial charge in [0.1, 0.15) is 0 Å². The first kappa shape index (κ1) is 7.86. The Hall–Kier alpha value is -0.240. The highest BCUT2D eigenvalue weighted by atomic mass is 31.1. The summed E-state index contributed by atoms with van der Waals surface area (Å²) in [6, 6.07) is 0. The minimum absolute atomic E-state index is 0.819. The van der Waals surface area contributed by atoms with Gasteiger partial charge in [-0.2, -0.15) is 0 Å². The molecule has 1 rings (SSSR count). The minimum atomic E-state index is -1.53. The van der Waals surface area contributed by atoms with E-state index in [1.165, 1.54) is 7.11 Å². The van der Waals surface area contributed by atoms with Crippen LogP contribution in [0.15, 0.2) is 11.4 Å². The predicted molar refractivity (Wildman–Crippen MR) is 40.2 cm³/mol. The molecule has 0 saturated carbocycles. The molecule has 4 heteroatoms. The molecule has 3 nitrogen and oxygen atoms in total. The second kappa shape index (κ2) is 3.81. The third-order valence-corrected chi connectivity index (χ3v) is 2.65. The van der Waals surface area contributed by atoms with E-state index in [2.05, 4.69) is 5.32 Å². The van der Waals surface area contributed by atoms with E-state index in [4.69, 9.17) is 4.52 Å². The fourth-order valence-electron chi connectivity index (χ4n) is 0.894. The molecule has 1 aliphatic rings. The number of hydrogen-bond donors (Lipinski definition) is 1. The molecule has 1 aliphatic heterocycles. The minimum Gasteiger partial charge on any atom is -0.313 e. The Bertz CT molecular complexity index is 167. The Labute approximate surface area is 61.3 Å². The highest BCUT2D eigenvalue weighted by Crippen LogP contribution is 2.34. The molecule has 10 heavy (non-hydrogen) atoms. The van der Waals surface area contributed by atoms with Gasteiger partial charge in [0, 0.05) is 19.5 Å². The molecular formula is C6H11NO2P+. The SMILES string of the molecule is CO[P+](=O)C1=CCNCC1. The van der Waals surface area contributed by atoms with E-state index in [1.807, 2.05) is 6.08 Å². The van der Waals surface area contributed by atoms with Crippen LogP contribution in [0.1, 0.15) is 6.42 Å². The fourth-order valence-corrected chi connectivity index (χ4v) is 1.66. The van der Waals surface area contributed by atoms with Crippen molar-refractivity contribution in [3.8, 4) is 0 Å². The highest BCUT2D eigenvalue weighted by molar-refractivity contribution is 7.44. The van der Waals surface area contributed by atoms with Crippen LogP contribution in [0.5, 0.6) is 0 Å². The lowest BCUT2D eigenvalue weighted by atomic mass is 10.3. The average molecular weight is 160 g/mol. The van der Waals surface area contributed by atoms with Crippen molar-refractivity contribution < 1.29 is 9.09 Å². The van der Waals surface area contributed by atoms with Crippen LogP contribution in [0.4, 0.5) is 0 Å². The van der Waals surface area contributed by atoms with Crippen LogP contribution in [-0.2, 0) is 9.09 Å². The largest absolute Gasteiger partial charge is 0.543 e. The maximum absolute atomic E-state index is 11.0. The molecule has 0 aromatic carbocycles. The van der Waals surface area contributed by atoms with Gasteiger partial charge in [0.25, 0.3) is 0 Å². The lowest BCUT2D eigenvalue weighted by Gasteiger charge is -2.03. The van der Waals surface area contributed by atoms with E-state index < -0.39 is 8.03 Å². The number of hydrogen-bond acceptors (Lipinski definition) is 3. The van der Waals surface area contributed by atoms with Gasteiger partial charge in [-0.15, -0.1) is 4.52 Å². The van der Waals surface area contributed by atoms with Gasteiger partial charge in [-0.1, -0.05) is 0 Å². The summed E-state index contributed by atoms with van der Waals surface area (Å²) in [5.41, 5.74) is 0. The van der Waals surface area contributed by atoms with E-state index >= 15 is 0 Å². The molecule has 1 heterocycles. The molecule has 0 spiro atoms. The Morgan fingerprint density at radius 1 is 1.80 bits per heavy atom. The van der Waals surface area contributed by atoms with Gasteiger partial charge in [0.15, 0.2) is 5.31 Å². The van der Waals surface area contributed by atoms with E-state index in [1.54, 1.807) is 0 Å². The van der Waals surface area contributed by atoms with Crippen molar-refractivity contribution in [2.75, 3.05) is 20.2 Å². The van der Waals surface area contributed by atoms with E-state index in [9.17, 15) is 4.57 Å². The summed E-state index contributed by atoms with van der Waals surface area (Å²) in [7, 11) is -0.0516. The molecule has 1 atom stereocenters. The highest BCUT2D eigenvalue weighted by Gasteiger charge is 2.24. The van der Waals surface area contributed by atoms with Crippen molar-refractivity contribution >= 4 is 8.03 Å². The quantitative estimate of drug-likeness (QED) is 0.618. The second-order valence-corrected chi connectivity index (χ2v) is 3.54. The van der Waals surface area contributed by atoms with Crippen molar-refractivity contribution in [1.82, 2.24) is 5.32 Å². The molecule has 1 unspecified atom stereocenters. The van der Waals surface area contributed by atoms with E-state index in [0.717, 1.165) is 24.8 Å². The summed E-state index contributed by atoms with van der Waals surface area (Å²) in [5, 5.41) is 4.07. The molecule has 0 bridgehead atoms. The van der Waals surface area contributed by atoms with E-state index in [-0.39, 0.29) is 0 Å². The molecule has 0 aliphatic carbocycles. The van der Waals surface area contributed by atoms with Gasteiger partial charge < -0.3 is 5.32 Å². The molecule has 0 saturated heterocycles. The molecule has 56 valence electrons.